The largest absolute Gasteiger partial charge is 0.463 e. The van der Waals surface area contributed by atoms with Crippen LogP contribution in [0.2, 0.25) is 0 Å². The lowest BCUT2D eigenvalue weighted by Crippen LogP contribution is -2.67. The quantitative estimate of drug-likeness (QED) is 0.0368. The monoisotopic (exact) mass is 793 g/mol. The van der Waals surface area contributed by atoms with Crippen molar-refractivity contribution in [1.29, 1.82) is 0 Å². The van der Waals surface area contributed by atoms with Crippen molar-refractivity contribution in [3.05, 3.63) is 10.4 Å². The van der Waals surface area contributed by atoms with E-state index in [1.807, 2.05) is 0 Å². The van der Waals surface area contributed by atoms with Gasteiger partial charge in [0.15, 0.2) is 43.1 Å². The molecule has 0 N–H and O–H groups in total. The molecule has 0 aromatic carbocycles. The summed E-state index contributed by atoms with van der Waals surface area (Å²) in [7, 11) is 0. The van der Waals surface area contributed by atoms with Crippen LogP contribution < -0.4 is 0 Å². The van der Waals surface area contributed by atoms with Gasteiger partial charge in [0, 0.05) is 59.9 Å². The van der Waals surface area contributed by atoms with Gasteiger partial charge < -0.3 is 61.6 Å². The summed E-state index contributed by atoms with van der Waals surface area (Å²) in [6.45, 7) is 6.70. The van der Waals surface area contributed by atoms with E-state index in [0.717, 1.165) is 48.5 Å². The van der Waals surface area contributed by atoms with E-state index in [2.05, 4.69) is 10.0 Å². The minimum atomic E-state index is -1.81. The Hall–Kier alpha value is -4.64. The number of ether oxygens (including phenoxy) is 13. The van der Waals surface area contributed by atoms with Crippen molar-refractivity contribution in [2.45, 2.75) is 110 Å². The van der Waals surface area contributed by atoms with Crippen LogP contribution in [0.5, 0.6) is 0 Å². The molecule has 0 bridgehead atoms. The molecule has 23 heteroatoms. The van der Waals surface area contributed by atoms with Crippen molar-refractivity contribution in [3.8, 4) is 0 Å². The number of carbonyl (C=O) groups is 7. The third kappa shape index (κ3) is 16.7. The second kappa shape index (κ2) is 24.0. The molecule has 10 atom stereocenters. The van der Waals surface area contributed by atoms with Crippen LogP contribution in [0.25, 0.3) is 10.4 Å². The zero-order chi connectivity index (χ0) is 41.1. The van der Waals surface area contributed by atoms with Crippen LogP contribution >= 0.6 is 0 Å². The van der Waals surface area contributed by atoms with E-state index < -0.39 is 116 Å². The average Bonchev–Trinajstić information content (AvgIpc) is 3.07. The van der Waals surface area contributed by atoms with Gasteiger partial charge in [-0.25, -0.2) is 0 Å². The molecule has 310 valence electrons. The first-order valence-electron chi connectivity index (χ1n) is 16.9. The summed E-state index contributed by atoms with van der Waals surface area (Å²) >= 11 is 0. The van der Waals surface area contributed by atoms with Gasteiger partial charge in [0.25, 0.3) is 0 Å². The Kier molecular flexibility index (Phi) is 20.3. The fraction of sp³-hybridized carbons (Fsp3) is 0.781. The van der Waals surface area contributed by atoms with Gasteiger partial charge >= 0.3 is 41.8 Å². The van der Waals surface area contributed by atoms with E-state index in [1.54, 1.807) is 0 Å². The molecule has 0 aromatic heterocycles. The maximum atomic E-state index is 12.5. The van der Waals surface area contributed by atoms with Crippen molar-refractivity contribution < 1.29 is 95.1 Å². The zero-order valence-corrected chi connectivity index (χ0v) is 31.4. The molecule has 2 rings (SSSR count). The lowest BCUT2D eigenvalue weighted by Gasteiger charge is -2.48. The molecular formula is C32H47N3O20. The van der Waals surface area contributed by atoms with E-state index >= 15 is 0 Å². The minimum absolute atomic E-state index is 0.0239. The molecule has 55 heavy (non-hydrogen) atoms. The van der Waals surface area contributed by atoms with Crippen molar-refractivity contribution in [2.75, 3.05) is 52.8 Å². The highest BCUT2D eigenvalue weighted by molar-refractivity contribution is 5.69. The van der Waals surface area contributed by atoms with Crippen LogP contribution in [0.1, 0.15) is 48.5 Å². The summed E-state index contributed by atoms with van der Waals surface area (Å²) in [6, 6.07) is 0. The fourth-order valence-corrected chi connectivity index (χ4v) is 5.30. The summed E-state index contributed by atoms with van der Waals surface area (Å²) in [4.78, 5) is 88.1. The molecule has 2 aliphatic rings. The van der Waals surface area contributed by atoms with Crippen molar-refractivity contribution in [3.63, 3.8) is 0 Å². The summed E-state index contributed by atoms with van der Waals surface area (Å²) in [6.07, 6.45) is -15.8. The Morgan fingerprint density at radius 3 is 1.40 bits per heavy atom. The Balaban J connectivity index is 2.53. The first-order valence-corrected chi connectivity index (χ1v) is 16.9. The number of hydrogen-bond acceptors (Lipinski definition) is 21. The van der Waals surface area contributed by atoms with Crippen LogP contribution in [-0.2, 0) is 95.1 Å². The molecule has 0 saturated carbocycles. The first kappa shape index (κ1) is 46.5. The highest BCUT2D eigenvalue weighted by Crippen LogP contribution is 2.35. The number of carbonyl (C=O) groups excluding carboxylic acids is 7. The summed E-state index contributed by atoms with van der Waals surface area (Å²) < 4.78 is 72.8. The van der Waals surface area contributed by atoms with Crippen molar-refractivity contribution in [1.82, 2.24) is 0 Å². The summed E-state index contributed by atoms with van der Waals surface area (Å²) in [5.41, 5.74) is 8.32. The zero-order valence-electron chi connectivity index (χ0n) is 31.4. The SMILES string of the molecule is CC(=O)OC[C@H]1O[C@@H](O[C@H]2[C@H](OC(C)=O)[C@@H](OC(C)=O)[C@H](OCCOCCOCCN=[N+]=[N-])O[C@@H]2COC(C)=O)[C@H](OC(C)=O)[C@@H](OC(C)=O)[C@H]1OC(C)=O. The average molecular weight is 794 g/mol. The number of hydrogen-bond donors (Lipinski definition) is 0. The number of azide groups is 1. The Morgan fingerprint density at radius 2 is 0.909 bits per heavy atom. The molecule has 23 nitrogen and oxygen atoms in total. The number of rotatable bonds is 21. The molecule has 2 heterocycles. The predicted molar refractivity (Wildman–Crippen MR) is 175 cm³/mol. The third-order valence-corrected chi connectivity index (χ3v) is 7.17. The Labute approximate surface area is 315 Å². The van der Waals surface area contributed by atoms with Crippen LogP contribution in [0.15, 0.2) is 5.11 Å². The van der Waals surface area contributed by atoms with E-state index in [4.69, 9.17) is 67.1 Å². The highest BCUT2D eigenvalue weighted by Gasteiger charge is 2.57. The van der Waals surface area contributed by atoms with Gasteiger partial charge in [0.05, 0.1) is 33.0 Å². The maximum absolute atomic E-state index is 12.5. The Morgan fingerprint density at radius 1 is 0.509 bits per heavy atom. The van der Waals surface area contributed by atoms with Gasteiger partial charge in [-0.15, -0.1) is 0 Å². The molecule has 0 spiro atoms. The molecule has 0 aliphatic carbocycles. The molecule has 0 aromatic rings. The maximum Gasteiger partial charge on any atom is 0.303 e. The van der Waals surface area contributed by atoms with Crippen LogP contribution in [0, 0.1) is 0 Å². The van der Waals surface area contributed by atoms with E-state index in [9.17, 15) is 33.6 Å². The van der Waals surface area contributed by atoms with Gasteiger partial charge in [-0.1, -0.05) is 5.11 Å². The van der Waals surface area contributed by atoms with Gasteiger partial charge in [-0.05, 0) is 5.53 Å². The molecule has 2 aliphatic heterocycles. The van der Waals surface area contributed by atoms with E-state index in [-0.39, 0.29) is 39.6 Å². The normalized spacial score (nSPS) is 27.3. The summed E-state index contributed by atoms with van der Waals surface area (Å²) in [5, 5.41) is 3.35. The van der Waals surface area contributed by atoms with Gasteiger partial charge in [-0.2, -0.15) is 0 Å². The number of esters is 7. The van der Waals surface area contributed by atoms with Crippen molar-refractivity contribution in [2.24, 2.45) is 5.11 Å². The van der Waals surface area contributed by atoms with Gasteiger partial charge in [0.1, 0.15) is 31.5 Å². The predicted octanol–water partition coefficient (Wildman–Crippen LogP) is -0.0338. The lowest BCUT2D eigenvalue weighted by atomic mass is 9.96. The summed E-state index contributed by atoms with van der Waals surface area (Å²) in [5.74, 6) is -5.98. The first-order chi connectivity index (χ1) is 26.0. The van der Waals surface area contributed by atoms with Gasteiger partial charge in [-0.3, -0.25) is 33.6 Å². The third-order valence-electron chi connectivity index (χ3n) is 7.17. The second-order valence-electron chi connectivity index (χ2n) is 11.7. The van der Waals surface area contributed by atoms with Gasteiger partial charge in [0.2, 0.25) is 0 Å². The molecular weight excluding hydrogens is 746 g/mol. The van der Waals surface area contributed by atoms with E-state index in [1.165, 1.54) is 0 Å². The van der Waals surface area contributed by atoms with Crippen LogP contribution in [0.4, 0.5) is 0 Å². The lowest BCUT2D eigenvalue weighted by molar-refractivity contribution is -0.361. The highest BCUT2D eigenvalue weighted by atomic mass is 16.8. The Bertz CT molecular complexity index is 1370. The molecule has 0 radical (unpaired) electrons. The van der Waals surface area contributed by atoms with Crippen LogP contribution in [-0.4, -0.2) is 156 Å². The fourth-order valence-electron chi connectivity index (χ4n) is 5.30. The molecule has 2 saturated heterocycles. The standard InChI is InChI=1S/C32H47N3O20/c1-16(36)46-14-23-25(48-18(3)38)27(49-19(4)39)30(52-22(7)42)32(54-23)55-26-24(15-47-17(2)37)53-31(29(51-21(6)41)28(26)50-20(5)40)45-13-12-44-11-10-43-9-8-34-35-33/h23-32H,8-15H2,1-7H3/t23-,24-,25+,26-,27+,28+,29-,30-,31-,32+/m1/s1. The molecule has 0 unspecified atom stereocenters. The number of nitrogens with zero attached hydrogens (tertiary/aromatic N) is 3. The second-order valence-corrected chi connectivity index (χ2v) is 11.7. The topological polar surface area (TPSA) is 288 Å². The van der Waals surface area contributed by atoms with E-state index in [0.29, 0.717) is 0 Å². The van der Waals surface area contributed by atoms with Crippen LogP contribution in [0.3, 0.4) is 0 Å². The molecule has 2 fully saturated rings. The van der Waals surface area contributed by atoms with Crippen molar-refractivity contribution >= 4 is 41.8 Å². The molecule has 0 amide bonds. The smallest absolute Gasteiger partial charge is 0.303 e. The minimum Gasteiger partial charge on any atom is -0.463 e.